The molecule has 1 aromatic heterocycles. The van der Waals surface area contributed by atoms with Crippen molar-refractivity contribution >= 4 is 0 Å². The van der Waals surface area contributed by atoms with Crippen LogP contribution in [0, 0.1) is 5.92 Å². The lowest BCUT2D eigenvalue weighted by molar-refractivity contribution is 0.205. The number of hydrogen-bond donors (Lipinski definition) is 1. The molecule has 1 atom stereocenters. The topological polar surface area (TPSA) is 42.7 Å². The van der Waals surface area contributed by atoms with E-state index in [0.29, 0.717) is 6.04 Å². The van der Waals surface area contributed by atoms with Crippen LogP contribution in [-0.2, 0) is 6.54 Å². The molecule has 0 radical (unpaired) electrons. The van der Waals surface area contributed by atoms with E-state index >= 15 is 0 Å². The van der Waals surface area contributed by atoms with Gasteiger partial charge in [0.2, 0.25) is 0 Å². The van der Waals surface area contributed by atoms with Crippen molar-refractivity contribution in [2.24, 2.45) is 5.92 Å². The molecule has 2 fully saturated rings. The van der Waals surface area contributed by atoms with E-state index in [2.05, 4.69) is 27.2 Å². The Morgan fingerprint density at radius 1 is 1.35 bits per heavy atom. The van der Waals surface area contributed by atoms with Gasteiger partial charge in [0.15, 0.2) is 0 Å². The number of hydrogen-bond acceptors (Lipinski definition) is 3. The third-order valence-corrected chi connectivity index (χ3v) is 4.33. The molecule has 4 heteroatoms. The monoisotopic (exact) mass is 234 g/mol. The molecule has 0 aliphatic heterocycles. The highest BCUT2D eigenvalue weighted by molar-refractivity contribution is 5.21. The summed E-state index contributed by atoms with van der Waals surface area (Å²) < 4.78 is 2.23. The smallest absolute Gasteiger partial charge is 0.0999 e. The maximum atomic E-state index is 4.43. The first-order valence-corrected chi connectivity index (χ1v) is 6.89. The van der Waals surface area contributed by atoms with Gasteiger partial charge in [-0.2, -0.15) is 0 Å². The van der Waals surface area contributed by atoms with Crippen molar-refractivity contribution in [1.82, 2.24) is 20.3 Å². The van der Waals surface area contributed by atoms with Crippen LogP contribution in [0.3, 0.4) is 0 Å². The van der Waals surface area contributed by atoms with Crippen LogP contribution in [0.1, 0.15) is 62.4 Å². The van der Waals surface area contributed by atoms with Crippen LogP contribution in [0.4, 0.5) is 0 Å². The van der Waals surface area contributed by atoms with E-state index in [9.17, 15) is 0 Å². The molecule has 3 rings (SSSR count). The summed E-state index contributed by atoms with van der Waals surface area (Å²) in [5.41, 5.74) is 2.58. The lowest BCUT2D eigenvalue weighted by Crippen LogP contribution is -2.25. The molecule has 0 saturated heterocycles. The van der Waals surface area contributed by atoms with Crippen LogP contribution in [0.2, 0.25) is 0 Å². The van der Waals surface area contributed by atoms with E-state index < -0.39 is 0 Å². The maximum Gasteiger partial charge on any atom is 0.0999 e. The van der Waals surface area contributed by atoms with Gasteiger partial charge in [0, 0.05) is 12.5 Å². The molecule has 2 saturated carbocycles. The van der Waals surface area contributed by atoms with Gasteiger partial charge in [-0.1, -0.05) is 11.6 Å². The first-order valence-electron chi connectivity index (χ1n) is 6.89. The number of nitrogens with zero attached hydrogens (tertiary/aromatic N) is 3. The summed E-state index contributed by atoms with van der Waals surface area (Å²) in [6.07, 6.45) is 6.77. The molecule has 1 N–H and O–H groups in total. The lowest BCUT2D eigenvalue weighted by Gasteiger charge is -2.32. The van der Waals surface area contributed by atoms with Gasteiger partial charge in [0.1, 0.15) is 0 Å². The molecular weight excluding hydrogens is 212 g/mol. The minimum Gasteiger partial charge on any atom is -0.314 e. The zero-order chi connectivity index (χ0) is 11.8. The van der Waals surface area contributed by atoms with Crippen LogP contribution in [0.15, 0.2) is 0 Å². The molecular formula is C13H22N4. The second-order valence-electron chi connectivity index (χ2n) is 5.60. The van der Waals surface area contributed by atoms with E-state index in [0.717, 1.165) is 18.4 Å². The predicted octanol–water partition coefficient (Wildman–Crippen LogP) is 2.24. The summed E-state index contributed by atoms with van der Waals surface area (Å²) in [7, 11) is 1.98. The zero-order valence-electron chi connectivity index (χ0n) is 10.8. The summed E-state index contributed by atoms with van der Waals surface area (Å²) in [6, 6.07) is 0.539. The first kappa shape index (κ1) is 11.2. The van der Waals surface area contributed by atoms with Crippen molar-refractivity contribution in [2.75, 3.05) is 7.05 Å². The molecule has 0 bridgehead atoms. The van der Waals surface area contributed by atoms with Gasteiger partial charge >= 0.3 is 0 Å². The van der Waals surface area contributed by atoms with Gasteiger partial charge in [-0.25, -0.2) is 4.68 Å². The van der Waals surface area contributed by atoms with Crippen LogP contribution in [0.25, 0.3) is 0 Å². The minimum absolute atomic E-state index is 0.539. The second kappa shape index (κ2) is 4.41. The van der Waals surface area contributed by atoms with Crippen LogP contribution in [-0.4, -0.2) is 22.0 Å². The average Bonchev–Trinajstić information content (AvgIpc) is 2.98. The Bertz CT molecular complexity index is 390. The third kappa shape index (κ3) is 1.99. The molecule has 1 heterocycles. The zero-order valence-corrected chi connectivity index (χ0v) is 10.8. The van der Waals surface area contributed by atoms with Crippen molar-refractivity contribution in [3.63, 3.8) is 0 Å². The SMILES string of the molecule is CNCc1nnn(C(C)C2CCC2)c1C1CC1. The Morgan fingerprint density at radius 3 is 2.65 bits per heavy atom. The van der Waals surface area contributed by atoms with Crippen molar-refractivity contribution in [3.8, 4) is 0 Å². The van der Waals surface area contributed by atoms with Crippen molar-refractivity contribution in [3.05, 3.63) is 11.4 Å². The van der Waals surface area contributed by atoms with E-state index in [1.807, 2.05) is 7.05 Å². The molecule has 1 aromatic rings. The largest absolute Gasteiger partial charge is 0.314 e. The Kier molecular flexibility index (Phi) is 2.90. The number of aromatic nitrogens is 3. The van der Waals surface area contributed by atoms with E-state index in [-0.39, 0.29) is 0 Å². The summed E-state index contributed by atoms with van der Waals surface area (Å²) >= 11 is 0. The van der Waals surface area contributed by atoms with Gasteiger partial charge in [-0.3, -0.25) is 0 Å². The van der Waals surface area contributed by atoms with Crippen molar-refractivity contribution in [1.29, 1.82) is 0 Å². The lowest BCUT2D eigenvalue weighted by atomic mass is 9.80. The molecule has 0 amide bonds. The highest BCUT2D eigenvalue weighted by Gasteiger charge is 2.35. The fraction of sp³-hybridized carbons (Fsp3) is 0.846. The van der Waals surface area contributed by atoms with Crippen LogP contribution < -0.4 is 5.32 Å². The average molecular weight is 234 g/mol. The molecule has 2 aliphatic rings. The highest BCUT2D eigenvalue weighted by atomic mass is 15.4. The van der Waals surface area contributed by atoms with E-state index in [1.165, 1.54) is 43.5 Å². The normalized spacial score (nSPS) is 22.5. The van der Waals surface area contributed by atoms with Gasteiger partial charge in [-0.05, 0) is 45.6 Å². The summed E-state index contributed by atoms with van der Waals surface area (Å²) in [5, 5.41) is 12.0. The van der Waals surface area contributed by atoms with Crippen molar-refractivity contribution < 1.29 is 0 Å². The predicted molar refractivity (Wildman–Crippen MR) is 66.8 cm³/mol. The Labute approximate surface area is 103 Å². The quantitative estimate of drug-likeness (QED) is 0.849. The minimum atomic E-state index is 0.539. The second-order valence-corrected chi connectivity index (χ2v) is 5.60. The molecule has 17 heavy (non-hydrogen) atoms. The standard InChI is InChI=1S/C13H22N4/c1-9(10-4-3-5-10)17-13(11-6-7-11)12(8-14-2)15-16-17/h9-11,14H,3-8H2,1-2H3. The van der Waals surface area contributed by atoms with Gasteiger partial charge in [-0.15, -0.1) is 5.10 Å². The molecule has 2 aliphatic carbocycles. The molecule has 94 valence electrons. The Balaban J connectivity index is 1.86. The fourth-order valence-electron chi connectivity index (χ4n) is 2.83. The highest BCUT2D eigenvalue weighted by Crippen LogP contribution is 2.44. The summed E-state index contributed by atoms with van der Waals surface area (Å²) in [5.74, 6) is 1.56. The molecule has 0 aromatic carbocycles. The van der Waals surface area contributed by atoms with Crippen molar-refractivity contribution in [2.45, 2.75) is 57.5 Å². The van der Waals surface area contributed by atoms with Gasteiger partial charge in [0.25, 0.3) is 0 Å². The van der Waals surface area contributed by atoms with Crippen LogP contribution >= 0.6 is 0 Å². The molecule has 4 nitrogen and oxygen atoms in total. The number of rotatable bonds is 5. The van der Waals surface area contributed by atoms with Crippen LogP contribution in [0.5, 0.6) is 0 Å². The summed E-state index contributed by atoms with van der Waals surface area (Å²) in [6.45, 7) is 3.16. The fourth-order valence-corrected chi connectivity index (χ4v) is 2.83. The third-order valence-electron chi connectivity index (χ3n) is 4.33. The van der Waals surface area contributed by atoms with E-state index in [4.69, 9.17) is 0 Å². The molecule has 0 spiro atoms. The van der Waals surface area contributed by atoms with Gasteiger partial charge in [0.05, 0.1) is 17.4 Å². The van der Waals surface area contributed by atoms with E-state index in [1.54, 1.807) is 0 Å². The number of nitrogens with one attached hydrogen (secondary N) is 1. The Morgan fingerprint density at radius 2 is 2.12 bits per heavy atom. The molecule has 1 unspecified atom stereocenters. The maximum absolute atomic E-state index is 4.43. The summed E-state index contributed by atoms with van der Waals surface area (Å²) in [4.78, 5) is 0. The van der Waals surface area contributed by atoms with Gasteiger partial charge < -0.3 is 5.32 Å². The first-order chi connectivity index (χ1) is 8.31. The Hall–Kier alpha value is -0.900.